The number of rotatable bonds is 8. The van der Waals surface area contributed by atoms with E-state index in [0.717, 1.165) is 16.7 Å². The van der Waals surface area contributed by atoms with Crippen molar-refractivity contribution in [2.24, 2.45) is 0 Å². The van der Waals surface area contributed by atoms with Gasteiger partial charge < -0.3 is 14.2 Å². The third kappa shape index (κ3) is 5.84. The van der Waals surface area contributed by atoms with Crippen LogP contribution in [0, 0.1) is 0 Å². The summed E-state index contributed by atoms with van der Waals surface area (Å²) in [6.07, 6.45) is 3.21. The predicted octanol–water partition coefficient (Wildman–Crippen LogP) is 6.49. The van der Waals surface area contributed by atoms with Crippen LogP contribution in [-0.2, 0) is 0 Å². The van der Waals surface area contributed by atoms with Crippen molar-refractivity contribution >= 4 is 17.8 Å². The standard InChI is InChI=1S/C30H24O5/c1-33-26-10-6-9-25(20-26)30(32)35-28-18-12-21(19-29(28)34-2)11-17-27(31)24-15-13-23(14-16-24)22-7-4-3-5-8-22/h3-20H,1-2H3/b17-11+. The molecule has 35 heavy (non-hydrogen) atoms. The fourth-order valence-electron chi connectivity index (χ4n) is 3.51. The Labute approximate surface area is 204 Å². The van der Waals surface area contributed by atoms with E-state index in [9.17, 15) is 9.59 Å². The predicted molar refractivity (Wildman–Crippen MR) is 136 cm³/mol. The van der Waals surface area contributed by atoms with Crippen molar-refractivity contribution in [1.29, 1.82) is 0 Å². The SMILES string of the molecule is COc1cccc(C(=O)Oc2ccc(/C=C/C(=O)c3ccc(-c4ccccc4)cc3)cc2OC)c1. The molecule has 5 nitrogen and oxygen atoms in total. The number of ketones is 1. The molecule has 0 aliphatic heterocycles. The minimum atomic E-state index is -0.528. The van der Waals surface area contributed by atoms with Crippen molar-refractivity contribution in [3.63, 3.8) is 0 Å². The van der Waals surface area contributed by atoms with E-state index in [1.54, 1.807) is 48.5 Å². The van der Waals surface area contributed by atoms with Gasteiger partial charge in [0.05, 0.1) is 19.8 Å². The summed E-state index contributed by atoms with van der Waals surface area (Å²) in [7, 11) is 3.02. The Bertz CT molecular complexity index is 1360. The van der Waals surface area contributed by atoms with Gasteiger partial charge in [-0.15, -0.1) is 0 Å². The van der Waals surface area contributed by atoms with Gasteiger partial charge in [0.25, 0.3) is 0 Å². The zero-order valence-electron chi connectivity index (χ0n) is 19.4. The summed E-state index contributed by atoms with van der Waals surface area (Å²) in [6.45, 7) is 0. The second-order valence-electron chi connectivity index (χ2n) is 7.67. The normalized spacial score (nSPS) is 10.7. The highest BCUT2D eigenvalue weighted by Gasteiger charge is 2.13. The molecule has 5 heteroatoms. The summed E-state index contributed by atoms with van der Waals surface area (Å²) < 4.78 is 16.1. The fourth-order valence-corrected chi connectivity index (χ4v) is 3.51. The summed E-state index contributed by atoms with van der Waals surface area (Å²) in [4.78, 5) is 25.2. The number of hydrogen-bond acceptors (Lipinski definition) is 5. The molecule has 0 aliphatic rings. The van der Waals surface area contributed by atoms with Crippen LogP contribution in [-0.4, -0.2) is 26.0 Å². The molecule has 0 saturated carbocycles. The molecule has 0 N–H and O–H groups in total. The van der Waals surface area contributed by atoms with Crippen molar-refractivity contribution < 1.29 is 23.8 Å². The monoisotopic (exact) mass is 464 g/mol. The number of esters is 1. The summed E-state index contributed by atoms with van der Waals surface area (Å²) in [5.74, 6) is 0.575. The Morgan fingerprint density at radius 2 is 1.40 bits per heavy atom. The molecule has 0 aliphatic carbocycles. The van der Waals surface area contributed by atoms with E-state index in [4.69, 9.17) is 14.2 Å². The number of methoxy groups -OCH3 is 2. The van der Waals surface area contributed by atoms with Crippen LogP contribution in [0.15, 0.2) is 103 Å². The van der Waals surface area contributed by atoms with Gasteiger partial charge in [0.1, 0.15) is 5.75 Å². The highest BCUT2D eigenvalue weighted by molar-refractivity contribution is 6.07. The maximum Gasteiger partial charge on any atom is 0.343 e. The van der Waals surface area contributed by atoms with E-state index in [1.165, 1.54) is 20.3 Å². The van der Waals surface area contributed by atoms with Crippen LogP contribution in [0.25, 0.3) is 17.2 Å². The fraction of sp³-hybridized carbons (Fsp3) is 0.0667. The first-order chi connectivity index (χ1) is 17.1. The molecule has 174 valence electrons. The van der Waals surface area contributed by atoms with Gasteiger partial charge in [0, 0.05) is 5.56 Å². The van der Waals surface area contributed by atoms with Gasteiger partial charge >= 0.3 is 5.97 Å². The van der Waals surface area contributed by atoms with Gasteiger partial charge in [-0.1, -0.05) is 72.8 Å². The second-order valence-corrected chi connectivity index (χ2v) is 7.67. The lowest BCUT2D eigenvalue weighted by molar-refractivity contribution is 0.0729. The highest BCUT2D eigenvalue weighted by Crippen LogP contribution is 2.30. The van der Waals surface area contributed by atoms with E-state index in [0.29, 0.717) is 22.6 Å². The Kier molecular flexibility index (Phi) is 7.38. The zero-order valence-corrected chi connectivity index (χ0v) is 19.4. The Balaban J connectivity index is 1.45. The molecule has 0 spiro atoms. The van der Waals surface area contributed by atoms with Crippen LogP contribution in [0.2, 0.25) is 0 Å². The first-order valence-electron chi connectivity index (χ1n) is 11.0. The van der Waals surface area contributed by atoms with Crippen molar-refractivity contribution in [2.45, 2.75) is 0 Å². The van der Waals surface area contributed by atoms with Gasteiger partial charge in [0.2, 0.25) is 0 Å². The molecule has 4 rings (SSSR count). The third-order valence-electron chi connectivity index (χ3n) is 5.40. The van der Waals surface area contributed by atoms with E-state index < -0.39 is 5.97 Å². The van der Waals surface area contributed by atoms with Crippen molar-refractivity contribution in [3.05, 3.63) is 120 Å². The van der Waals surface area contributed by atoms with Crippen LogP contribution in [0.3, 0.4) is 0 Å². The van der Waals surface area contributed by atoms with Crippen LogP contribution in [0.4, 0.5) is 0 Å². The summed E-state index contributed by atoms with van der Waals surface area (Å²) in [6, 6.07) is 29.3. The lowest BCUT2D eigenvalue weighted by atomic mass is 10.0. The maximum atomic E-state index is 12.6. The summed E-state index contributed by atoms with van der Waals surface area (Å²) >= 11 is 0. The number of allylic oxidation sites excluding steroid dienone is 1. The van der Waals surface area contributed by atoms with Crippen molar-refractivity contribution in [1.82, 2.24) is 0 Å². The number of hydrogen-bond donors (Lipinski definition) is 0. The van der Waals surface area contributed by atoms with E-state index in [1.807, 2.05) is 54.6 Å². The van der Waals surface area contributed by atoms with Gasteiger partial charge in [-0.3, -0.25) is 4.79 Å². The molecule has 0 bridgehead atoms. The topological polar surface area (TPSA) is 61.8 Å². The van der Waals surface area contributed by atoms with Gasteiger partial charge in [-0.25, -0.2) is 4.79 Å². The van der Waals surface area contributed by atoms with Crippen LogP contribution < -0.4 is 14.2 Å². The Hall–Kier alpha value is -4.64. The lowest BCUT2D eigenvalue weighted by Crippen LogP contribution is -2.09. The molecule has 0 amide bonds. The van der Waals surface area contributed by atoms with Gasteiger partial charge in [-0.2, -0.15) is 0 Å². The summed E-state index contributed by atoms with van der Waals surface area (Å²) in [5.41, 5.74) is 3.84. The largest absolute Gasteiger partial charge is 0.497 e. The number of ether oxygens (including phenoxy) is 3. The first kappa shape index (κ1) is 23.5. The average molecular weight is 465 g/mol. The smallest absolute Gasteiger partial charge is 0.343 e. The van der Waals surface area contributed by atoms with Crippen molar-refractivity contribution in [2.75, 3.05) is 14.2 Å². The average Bonchev–Trinajstić information content (AvgIpc) is 2.92. The Morgan fingerprint density at radius 3 is 2.11 bits per heavy atom. The lowest BCUT2D eigenvalue weighted by Gasteiger charge is -2.10. The molecular formula is C30H24O5. The molecule has 0 heterocycles. The quantitative estimate of drug-likeness (QED) is 0.129. The molecule has 0 atom stereocenters. The molecule has 4 aromatic carbocycles. The second kappa shape index (κ2) is 11.0. The minimum absolute atomic E-state index is 0.114. The molecule has 0 radical (unpaired) electrons. The van der Waals surface area contributed by atoms with Crippen molar-refractivity contribution in [3.8, 4) is 28.4 Å². The molecule has 0 fully saturated rings. The number of carbonyl (C=O) groups is 2. The minimum Gasteiger partial charge on any atom is -0.497 e. The van der Waals surface area contributed by atoms with Crippen LogP contribution >= 0.6 is 0 Å². The zero-order chi connectivity index (χ0) is 24.6. The van der Waals surface area contributed by atoms with Gasteiger partial charge in [-0.05, 0) is 53.1 Å². The first-order valence-corrected chi connectivity index (χ1v) is 11.0. The molecule has 0 saturated heterocycles. The molecular weight excluding hydrogens is 440 g/mol. The molecule has 0 unspecified atom stereocenters. The highest BCUT2D eigenvalue weighted by atomic mass is 16.6. The maximum absolute atomic E-state index is 12.6. The summed E-state index contributed by atoms with van der Waals surface area (Å²) in [5, 5.41) is 0. The van der Waals surface area contributed by atoms with E-state index in [-0.39, 0.29) is 11.5 Å². The molecule has 0 aromatic heterocycles. The van der Waals surface area contributed by atoms with E-state index >= 15 is 0 Å². The number of benzene rings is 4. The van der Waals surface area contributed by atoms with Gasteiger partial charge in [0.15, 0.2) is 17.3 Å². The molecule has 4 aromatic rings. The number of carbonyl (C=O) groups excluding carboxylic acids is 2. The van der Waals surface area contributed by atoms with E-state index in [2.05, 4.69) is 0 Å². The third-order valence-corrected chi connectivity index (χ3v) is 5.40. The Morgan fingerprint density at radius 1 is 0.657 bits per heavy atom. The van der Waals surface area contributed by atoms with Crippen LogP contribution in [0.5, 0.6) is 17.2 Å². The van der Waals surface area contributed by atoms with Crippen LogP contribution in [0.1, 0.15) is 26.3 Å².